The van der Waals surface area contributed by atoms with E-state index in [0.717, 1.165) is 29.7 Å². The lowest BCUT2D eigenvalue weighted by Crippen LogP contribution is -2.43. The van der Waals surface area contributed by atoms with Gasteiger partial charge in [-0.15, -0.1) is 11.3 Å². The van der Waals surface area contributed by atoms with Crippen molar-refractivity contribution in [3.05, 3.63) is 21.4 Å². The van der Waals surface area contributed by atoms with Crippen LogP contribution in [0.25, 0.3) is 0 Å². The van der Waals surface area contributed by atoms with E-state index in [1.807, 2.05) is 5.32 Å². The maximum absolute atomic E-state index is 12.2. The molecule has 1 atom stereocenters. The molecule has 8 heteroatoms. The summed E-state index contributed by atoms with van der Waals surface area (Å²) in [7, 11) is 0. The number of carboxylic acid groups (broad SMARTS) is 1. The van der Waals surface area contributed by atoms with Gasteiger partial charge in [-0.2, -0.15) is 13.2 Å². The second kappa shape index (κ2) is 5.43. The van der Waals surface area contributed by atoms with Gasteiger partial charge in [0, 0.05) is 4.88 Å². The Kier molecular flexibility index (Phi) is 4.03. The number of nitrogens with one attached hydrogen (secondary N) is 1. The van der Waals surface area contributed by atoms with Crippen LogP contribution in [0.15, 0.2) is 6.07 Å². The minimum atomic E-state index is -4.65. The Hall–Kier alpha value is -1.57. The molecule has 2 rings (SSSR count). The number of carboxylic acids is 1. The molecule has 4 nitrogen and oxygen atoms in total. The lowest BCUT2D eigenvalue weighted by atomic mass is 10.2. The second-order valence-corrected chi connectivity index (χ2v) is 5.73. The summed E-state index contributed by atoms with van der Waals surface area (Å²) in [4.78, 5) is 23.9. The first kappa shape index (κ1) is 14.8. The zero-order valence-electron chi connectivity index (χ0n) is 10.3. The fourth-order valence-electron chi connectivity index (χ4n) is 2.10. The molecule has 110 valence electrons. The number of hydrogen-bond acceptors (Lipinski definition) is 3. The van der Waals surface area contributed by atoms with Crippen LogP contribution in [0.1, 0.15) is 33.0 Å². The third kappa shape index (κ3) is 3.50. The topological polar surface area (TPSA) is 66.4 Å². The standard InChI is InChI=1S/C12H12F3NO3S/c13-12(14,15)5-7(11(18)19)16-10(17)9-4-6-2-1-3-8(6)20-9/h4,7H,1-3,5H2,(H,16,17)(H,18,19). The van der Waals surface area contributed by atoms with E-state index < -0.39 is 30.5 Å². The van der Waals surface area contributed by atoms with Gasteiger partial charge in [-0.25, -0.2) is 4.79 Å². The highest BCUT2D eigenvalue weighted by atomic mass is 32.1. The quantitative estimate of drug-likeness (QED) is 0.897. The van der Waals surface area contributed by atoms with Crippen molar-refractivity contribution >= 4 is 23.2 Å². The molecule has 1 unspecified atom stereocenters. The molecule has 0 aliphatic heterocycles. The number of fused-ring (bicyclic) bond motifs is 1. The number of rotatable bonds is 4. The van der Waals surface area contributed by atoms with Crippen molar-refractivity contribution in [3.63, 3.8) is 0 Å². The van der Waals surface area contributed by atoms with Crippen LogP contribution in [0.4, 0.5) is 13.2 Å². The summed E-state index contributed by atoms with van der Waals surface area (Å²) in [5.41, 5.74) is 1.03. The van der Waals surface area contributed by atoms with Gasteiger partial charge in [-0.05, 0) is 30.9 Å². The Morgan fingerprint density at radius 2 is 2.10 bits per heavy atom. The third-order valence-corrected chi connectivity index (χ3v) is 4.25. The fourth-order valence-corrected chi connectivity index (χ4v) is 3.26. The van der Waals surface area contributed by atoms with E-state index in [2.05, 4.69) is 0 Å². The average Bonchev–Trinajstić information content (AvgIpc) is 2.85. The largest absolute Gasteiger partial charge is 0.480 e. The summed E-state index contributed by atoms with van der Waals surface area (Å²) in [6.45, 7) is 0. The second-order valence-electron chi connectivity index (χ2n) is 4.60. The van der Waals surface area contributed by atoms with Crippen molar-refractivity contribution in [3.8, 4) is 0 Å². The van der Waals surface area contributed by atoms with E-state index in [1.54, 1.807) is 6.07 Å². The van der Waals surface area contributed by atoms with Crippen LogP contribution in [-0.2, 0) is 17.6 Å². The van der Waals surface area contributed by atoms with Crippen LogP contribution in [0, 0.1) is 0 Å². The lowest BCUT2D eigenvalue weighted by Gasteiger charge is -2.15. The summed E-state index contributed by atoms with van der Waals surface area (Å²) < 4.78 is 36.7. The minimum absolute atomic E-state index is 0.267. The zero-order valence-corrected chi connectivity index (χ0v) is 11.1. The number of carbonyl (C=O) groups is 2. The first-order valence-electron chi connectivity index (χ1n) is 5.98. The van der Waals surface area contributed by atoms with Crippen LogP contribution >= 0.6 is 11.3 Å². The number of aryl methyl sites for hydroxylation is 2. The molecule has 1 aromatic rings. The zero-order chi connectivity index (χ0) is 14.9. The molecule has 0 spiro atoms. The molecule has 0 bridgehead atoms. The number of aliphatic carboxylic acids is 1. The summed E-state index contributed by atoms with van der Waals surface area (Å²) in [6.07, 6.45) is -3.51. The predicted molar refractivity (Wildman–Crippen MR) is 65.9 cm³/mol. The first-order valence-corrected chi connectivity index (χ1v) is 6.80. The number of thiophene rings is 1. The molecule has 1 heterocycles. The number of hydrogen-bond donors (Lipinski definition) is 2. The molecule has 1 aromatic heterocycles. The molecule has 1 aliphatic carbocycles. The minimum Gasteiger partial charge on any atom is -0.480 e. The van der Waals surface area contributed by atoms with E-state index in [9.17, 15) is 22.8 Å². The molecule has 1 amide bonds. The normalized spacial score (nSPS) is 15.8. The van der Waals surface area contributed by atoms with Crippen molar-refractivity contribution in [2.24, 2.45) is 0 Å². The van der Waals surface area contributed by atoms with E-state index >= 15 is 0 Å². The molecule has 0 radical (unpaired) electrons. The number of alkyl halides is 3. The van der Waals surface area contributed by atoms with Gasteiger partial charge in [0.2, 0.25) is 0 Å². The summed E-state index contributed by atoms with van der Waals surface area (Å²) >= 11 is 1.22. The number of halogens is 3. The highest BCUT2D eigenvalue weighted by Crippen LogP contribution is 2.30. The summed E-state index contributed by atoms with van der Waals surface area (Å²) in [5.74, 6) is -2.46. The van der Waals surface area contributed by atoms with Gasteiger partial charge in [0.25, 0.3) is 5.91 Å². The van der Waals surface area contributed by atoms with Crippen molar-refractivity contribution in [2.75, 3.05) is 0 Å². The Morgan fingerprint density at radius 1 is 1.40 bits per heavy atom. The van der Waals surface area contributed by atoms with Crippen LogP contribution in [-0.4, -0.2) is 29.2 Å². The van der Waals surface area contributed by atoms with Gasteiger partial charge in [0.05, 0.1) is 11.3 Å². The Balaban J connectivity index is 2.06. The molecule has 0 saturated heterocycles. The molecule has 0 aromatic carbocycles. The van der Waals surface area contributed by atoms with E-state index in [4.69, 9.17) is 5.11 Å². The van der Waals surface area contributed by atoms with E-state index in [-0.39, 0.29) is 4.88 Å². The molecule has 0 fully saturated rings. The monoisotopic (exact) mass is 307 g/mol. The Morgan fingerprint density at radius 3 is 2.65 bits per heavy atom. The van der Waals surface area contributed by atoms with Gasteiger partial charge in [0.15, 0.2) is 0 Å². The predicted octanol–water partition coefficient (Wildman–Crippen LogP) is 2.37. The van der Waals surface area contributed by atoms with Crippen LogP contribution in [0.2, 0.25) is 0 Å². The lowest BCUT2D eigenvalue weighted by molar-refractivity contribution is -0.157. The first-order chi connectivity index (χ1) is 9.26. The van der Waals surface area contributed by atoms with E-state index in [1.165, 1.54) is 11.3 Å². The van der Waals surface area contributed by atoms with Gasteiger partial charge < -0.3 is 10.4 Å². The maximum atomic E-state index is 12.2. The number of amides is 1. The third-order valence-electron chi connectivity index (χ3n) is 3.01. The summed E-state index contributed by atoms with van der Waals surface area (Å²) in [6, 6.07) is -0.325. The highest BCUT2D eigenvalue weighted by Gasteiger charge is 2.36. The van der Waals surface area contributed by atoms with Crippen LogP contribution in [0.5, 0.6) is 0 Å². The Labute approximate surface area is 116 Å². The van der Waals surface area contributed by atoms with Crippen molar-refractivity contribution in [2.45, 2.75) is 37.9 Å². The van der Waals surface area contributed by atoms with Gasteiger partial charge >= 0.3 is 12.1 Å². The molecule has 0 saturated carbocycles. The average molecular weight is 307 g/mol. The van der Waals surface area contributed by atoms with Crippen LogP contribution in [0.3, 0.4) is 0 Å². The van der Waals surface area contributed by atoms with Crippen molar-refractivity contribution in [1.29, 1.82) is 0 Å². The van der Waals surface area contributed by atoms with Crippen LogP contribution < -0.4 is 5.32 Å². The van der Waals surface area contributed by atoms with Crippen molar-refractivity contribution in [1.82, 2.24) is 5.32 Å². The molecule has 1 aliphatic rings. The molecule has 20 heavy (non-hydrogen) atoms. The smallest absolute Gasteiger partial charge is 0.391 e. The van der Waals surface area contributed by atoms with Gasteiger partial charge in [-0.1, -0.05) is 0 Å². The fraction of sp³-hybridized carbons (Fsp3) is 0.500. The Bertz CT molecular complexity index is 517. The maximum Gasteiger partial charge on any atom is 0.391 e. The molecular formula is C12H12F3NO3S. The molecule has 2 N–H and O–H groups in total. The molecular weight excluding hydrogens is 295 g/mol. The highest BCUT2D eigenvalue weighted by molar-refractivity contribution is 7.14. The SMILES string of the molecule is O=C(NC(CC(F)(F)F)C(=O)O)c1cc2c(s1)CCC2. The van der Waals surface area contributed by atoms with E-state index in [0.29, 0.717) is 0 Å². The number of carbonyl (C=O) groups excluding carboxylic acids is 1. The van der Waals surface area contributed by atoms with Gasteiger partial charge in [-0.3, -0.25) is 4.79 Å². The van der Waals surface area contributed by atoms with Crippen molar-refractivity contribution < 1.29 is 27.9 Å². The van der Waals surface area contributed by atoms with Gasteiger partial charge in [0.1, 0.15) is 6.04 Å². The summed E-state index contributed by atoms with van der Waals surface area (Å²) in [5, 5.41) is 10.7.